The lowest BCUT2D eigenvalue weighted by Gasteiger charge is -2.01. The standard InChI is InChI=1S/C9H7N3O/c1-13-9-2-7(4-10)12-6-11-5-8(12)3-9/h2-3,5-6H,1H3. The quantitative estimate of drug-likeness (QED) is 0.651. The molecule has 0 atom stereocenters. The highest BCUT2D eigenvalue weighted by Crippen LogP contribution is 2.16. The molecule has 0 radical (unpaired) electrons. The second-order valence-electron chi connectivity index (χ2n) is 2.58. The molecule has 0 saturated heterocycles. The summed E-state index contributed by atoms with van der Waals surface area (Å²) in [5, 5.41) is 8.82. The van der Waals surface area contributed by atoms with Gasteiger partial charge in [-0.15, -0.1) is 0 Å². The van der Waals surface area contributed by atoms with Crippen LogP contribution in [0.3, 0.4) is 0 Å². The van der Waals surface area contributed by atoms with Gasteiger partial charge in [0.1, 0.15) is 23.8 Å². The summed E-state index contributed by atoms with van der Waals surface area (Å²) in [5.41, 5.74) is 1.38. The van der Waals surface area contributed by atoms with Crippen LogP contribution in [0, 0.1) is 11.3 Å². The van der Waals surface area contributed by atoms with Crippen molar-refractivity contribution in [2.24, 2.45) is 0 Å². The molecule has 13 heavy (non-hydrogen) atoms. The lowest BCUT2D eigenvalue weighted by molar-refractivity contribution is 0.414. The van der Waals surface area contributed by atoms with Crippen LogP contribution < -0.4 is 4.74 Å². The predicted octanol–water partition coefficient (Wildman–Crippen LogP) is 1.21. The Morgan fingerprint density at radius 2 is 2.38 bits per heavy atom. The third-order valence-electron chi connectivity index (χ3n) is 1.85. The van der Waals surface area contributed by atoms with Crippen LogP contribution in [0.2, 0.25) is 0 Å². The van der Waals surface area contributed by atoms with Gasteiger partial charge in [-0.05, 0) is 0 Å². The number of aromatic nitrogens is 2. The number of nitrogens with zero attached hydrogens (tertiary/aromatic N) is 3. The number of methoxy groups -OCH3 is 1. The summed E-state index contributed by atoms with van der Waals surface area (Å²) in [5.74, 6) is 0.671. The van der Waals surface area contributed by atoms with E-state index in [4.69, 9.17) is 10.00 Å². The molecule has 2 rings (SSSR count). The molecule has 64 valence electrons. The van der Waals surface area contributed by atoms with Crippen molar-refractivity contribution in [2.75, 3.05) is 7.11 Å². The van der Waals surface area contributed by atoms with Gasteiger partial charge in [-0.25, -0.2) is 4.98 Å². The fourth-order valence-electron chi connectivity index (χ4n) is 1.21. The van der Waals surface area contributed by atoms with Gasteiger partial charge in [0.2, 0.25) is 0 Å². The van der Waals surface area contributed by atoms with Crippen LogP contribution in [0.25, 0.3) is 5.52 Å². The third kappa shape index (κ3) is 1.11. The molecule has 0 bridgehead atoms. The second kappa shape index (κ2) is 2.79. The van der Waals surface area contributed by atoms with Gasteiger partial charge in [0, 0.05) is 12.1 Å². The van der Waals surface area contributed by atoms with E-state index in [0.717, 1.165) is 5.52 Å². The third-order valence-corrected chi connectivity index (χ3v) is 1.85. The van der Waals surface area contributed by atoms with Crippen LogP contribution in [0.5, 0.6) is 5.75 Å². The first kappa shape index (κ1) is 7.62. The smallest absolute Gasteiger partial charge is 0.129 e. The molecule has 0 aliphatic rings. The first-order valence-corrected chi connectivity index (χ1v) is 3.75. The molecule has 4 heteroatoms. The zero-order valence-electron chi connectivity index (χ0n) is 7.06. The average Bonchev–Trinajstić information content (AvgIpc) is 2.63. The van der Waals surface area contributed by atoms with E-state index in [1.165, 1.54) is 0 Å². The average molecular weight is 173 g/mol. The van der Waals surface area contributed by atoms with E-state index in [0.29, 0.717) is 11.4 Å². The molecule has 0 unspecified atom stereocenters. The van der Waals surface area contributed by atoms with Gasteiger partial charge in [0.25, 0.3) is 0 Å². The van der Waals surface area contributed by atoms with Gasteiger partial charge in [0.15, 0.2) is 0 Å². The fourth-order valence-corrected chi connectivity index (χ4v) is 1.21. The van der Waals surface area contributed by atoms with Gasteiger partial charge >= 0.3 is 0 Å². The lowest BCUT2D eigenvalue weighted by atomic mass is 10.3. The van der Waals surface area contributed by atoms with Crippen LogP contribution in [0.1, 0.15) is 5.69 Å². The summed E-state index contributed by atoms with van der Waals surface area (Å²) >= 11 is 0. The summed E-state index contributed by atoms with van der Waals surface area (Å²) in [7, 11) is 1.57. The Morgan fingerprint density at radius 3 is 3.08 bits per heavy atom. The number of rotatable bonds is 1. The van der Waals surface area contributed by atoms with Crippen molar-refractivity contribution in [1.82, 2.24) is 9.38 Å². The summed E-state index contributed by atoms with van der Waals surface area (Å²) in [6, 6.07) is 5.58. The highest BCUT2D eigenvalue weighted by atomic mass is 16.5. The molecule has 0 aliphatic carbocycles. The first-order valence-electron chi connectivity index (χ1n) is 3.75. The highest BCUT2D eigenvalue weighted by molar-refractivity contribution is 5.53. The van der Waals surface area contributed by atoms with Crippen molar-refractivity contribution in [1.29, 1.82) is 5.26 Å². The number of hydrogen-bond acceptors (Lipinski definition) is 3. The van der Waals surface area contributed by atoms with Gasteiger partial charge in [-0.2, -0.15) is 5.26 Å². The number of fused-ring (bicyclic) bond motifs is 1. The Balaban J connectivity index is 2.79. The largest absolute Gasteiger partial charge is 0.497 e. The summed E-state index contributed by atoms with van der Waals surface area (Å²) < 4.78 is 6.75. The normalized spacial score (nSPS) is 9.85. The van der Waals surface area contributed by atoms with E-state index >= 15 is 0 Å². The Bertz CT molecular complexity index is 481. The maximum atomic E-state index is 8.82. The number of pyridine rings is 1. The summed E-state index contributed by atoms with van der Waals surface area (Å²) in [4.78, 5) is 3.94. The minimum Gasteiger partial charge on any atom is -0.497 e. The van der Waals surface area contributed by atoms with Crippen molar-refractivity contribution in [3.05, 3.63) is 30.4 Å². The zero-order valence-corrected chi connectivity index (χ0v) is 7.06. The Kier molecular flexibility index (Phi) is 1.64. The van der Waals surface area contributed by atoms with Gasteiger partial charge < -0.3 is 4.74 Å². The van der Waals surface area contributed by atoms with Crippen LogP contribution in [-0.4, -0.2) is 16.5 Å². The second-order valence-corrected chi connectivity index (χ2v) is 2.58. The number of hydrogen-bond donors (Lipinski definition) is 0. The van der Waals surface area contributed by atoms with Crippen LogP contribution in [-0.2, 0) is 0 Å². The predicted molar refractivity (Wildman–Crippen MR) is 46.5 cm³/mol. The minimum atomic E-state index is 0.520. The molecular formula is C9H7N3O. The number of imidazole rings is 1. The maximum absolute atomic E-state index is 8.82. The highest BCUT2D eigenvalue weighted by Gasteiger charge is 2.02. The number of nitriles is 1. The molecule has 0 aromatic carbocycles. The van der Waals surface area contributed by atoms with Crippen LogP contribution in [0.15, 0.2) is 24.7 Å². The molecule has 0 saturated carbocycles. The SMILES string of the molecule is COc1cc(C#N)n2cncc2c1. The molecule has 0 N–H and O–H groups in total. The molecule has 0 amide bonds. The molecule has 4 nitrogen and oxygen atoms in total. The van der Waals surface area contributed by atoms with Crippen molar-refractivity contribution < 1.29 is 4.74 Å². The van der Waals surface area contributed by atoms with E-state index in [9.17, 15) is 0 Å². The minimum absolute atomic E-state index is 0.520. The lowest BCUT2D eigenvalue weighted by Crippen LogP contribution is -1.92. The van der Waals surface area contributed by atoms with Crippen molar-refractivity contribution in [3.8, 4) is 11.8 Å². The van der Waals surface area contributed by atoms with Crippen LogP contribution >= 0.6 is 0 Å². The maximum Gasteiger partial charge on any atom is 0.129 e. The van der Waals surface area contributed by atoms with Crippen molar-refractivity contribution >= 4 is 5.52 Å². The van der Waals surface area contributed by atoms with Gasteiger partial charge in [-0.3, -0.25) is 4.40 Å². The van der Waals surface area contributed by atoms with E-state index in [1.807, 2.05) is 6.07 Å². The monoisotopic (exact) mass is 173 g/mol. The van der Waals surface area contributed by atoms with E-state index < -0.39 is 0 Å². The molecule has 2 heterocycles. The van der Waals surface area contributed by atoms with E-state index in [-0.39, 0.29) is 0 Å². The zero-order chi connectivity index (χ0) is 9.26. The summed E-state index contributed by atoms with van der Waals surface area (Å²) in [6.45, 7) is 0. The van der Waals surface area contributed by atoms with E-state index in [1.54, 1.807) is 30.1 Å². The topological polar surface area (TPSA) is 50.3 Å². The molecule has 0 spiro atoms. The Morgan fingerprint density at radius 1 is 1.54 bits per heavy atom. The number of ether oxygens (including phenoxy) is 1. The van der Waals surface area contributed by atoms with Crippen molar-refractivity contribution in [3.63, 3.8) is 0 Å². The molecule has 0 aliphatic heterocycles. The Labute approximate surface area is 75.0 Å². The fraction of sp³-hybridized carbons (Fsp3) is 0.111. The molecule has 2 aromatic heterocycles. The van der Waals surface area contributed by atoms with Gasteiger partial charge in [0.05, 0.1) is 18.8 Å². The van der Waals surface area contributed by atoms with Crippen LogP contribution in [0.4, 0.5) is 0 Å². The Hall–Kier alpha value is -2.02. The van der Waals surface area contributed by atoms with E-state index in [2.05, 4.69) is 11.1 Å². The summed E-state index contributed by atoms with van der Waals surface area (Å²) in [6.07, 6.45) is 3.29. The first-order chi connectivity index (χ1) is 6.35. The van der Waals surface area contributed by atoms with Crippen molar-refractivity contribution in [2.45, 2.75) is 0 Å². The van der Waals surface area contributed by atoms with Gasteiger partial charge in [-0.1, -0.05) is 0 Å². The molecule has 0 fully saturated rings. The molecule has 2 aromatic rings. The molecular weight excluding hydrogens is 166 g/mol.